The van der Waals surface area contributed by atoms with Crippen LogP contribution in [0.2, 0.25) is 0 Å². The van der Waals surface area contributed by atoms with Gasteiger partial charge < -0.3 is 10.3 Å². The van der Waals surface area contributed by atoms with E-state index in [-0.39, 0.29) is 6.04 Å². The van der Waals surface area contributed by atoms with E-state index in [1.54, 1.807) is 0 Å². The highest BCUT2D eigenvalue weighted by atomic mass is 79.9. The van der Waals surface area contributed by atoms with Crippen LogP contribution < -0.4 is 5.73 Å². The first-order valence-electron chi connectivity index (χ1n) is 6.91. The number of hydrogen-bond donors (Lipinski definition) is 1. The zero-order chi connectivity index (χ0) is 14.3. The Bertz CT molecular complexity index is 615. The first-order valence-corrected chi connectivity index (χ1v) is 7.70. The summed E-state index contributed by atoms with van der Waals surface area (Å²) in [5.41, 5.74) is 9.29. The minimum absolute atomic E-state index is 0.271. The first kappa shape index (κ1) is 13.8. The molecule has 0 bridgehead atoms. The number of benzene rings is 1. The molecule has 20 heavy (non-hydrogen) atoms. The van der Waals surface area contributed by atoms with Gasteiger partial charge in [-0.15, -0.1) is 0 Å². The molecule has 1 aromatic carbocycles. The normalized spacial score (nSPS) is 22.4. The van der Waals surface area contributed by atoms with Gasteiger partial charge in [-0.25, -0.2) is 0 Å². The molecule has 2 atom stereocenters. The van der Waals surface area contributed by atoms with E-state index in [9.17, 15) is 0 Å². The molecule has 2 N–H and O–H groups in total. The number of aryl methyl sites for hydroxylation is 2. The third-order valence-electron chi connectivity index (χ3n) is 3.96. The van der Waals surface area contributed by atoms with Crippen LogP contribution in [0.25, 0.3) is 11.4 Å². The third-order valence-corrected chi connectivity index (χ3v) is 5.21. The summed E-state index contributed by atoms with van der Waals surface area (Å²) >= 11 is 3.57. The molecule has 3 rings (SSSR count). The van der Waals surface area contributed by atoms with E-state index in [2.05, 4.69) is 52.1 Å². The SMILES string of the molecule is Cc1cc(-c2noc(C3CCC(N)C3)n2)cc(C)c1Br. The average Bonchev–Trinajstić information content (AvgIpc) is 3.03. The summed E-state index contributed by atoms with van der Waals surface area (Å²) in [7, 11) is 0. The summed E-state index contributed by atoms with van der Waals surface area (Å²) in [6, 6.07) is 4.42. The van der Waals surface area contributed by atoms with Crippen LogP contribution in [0.3, 0.4) is 0 Å². The molecule has 0 amide bonds. The summed E-state index contributed by atoms with van der Waals surface area (Å²) in [4.78, 5) is 4.56. The molecule has 1 saturated carbocycles. The molecule has 0 radical (unpaired) electrons. The van der Waals surface area contributed by atoms with Crippen molar-refractivity contribution in [2.75, 3.05) is 0 Å². The van der Waals surface area contributed by atoms with Crippen molar-refractivity contribution in [2.45, 2.75) is 45.1 Å². The molecule has 0 saturated heterocycles. The molecule has 2 unspecified atom stereocenters. The molecule has 1 aromatic heterocycles. The fraction of sp³-hybridized carbons (Fsp3) is 0.467. The maximum atomic E-state index is 5.94. The highest BCUT2D eigenvalue weighted by molar-refractivity contribution is 9.10. The lowest BCUT2D eigenvalue weighted by Crippen LogP contribution is -2.14. The Hall–Kier alpha value is -1.20. The van der Waals surface area contributed by atoms with Crippen molar-refractivity contribution in [2.24, 2.45) is 5.73 Å². The van der Waals surface area contributed by atoms with Gasteiger partial charge >= 0.3 is 0 Å². The van der Waals surface area contributed by atoms with E-state index in [4.69, 9.17) is 10.3 Å². The Balaban J connectivity index is 1.90. The Labute approximate surface area is 126 Å². The highest BCUT2D eigenvalue weighted by Gasteiger charge is 2.28. The highest BCUT2D eigenvalue weighted by Crippen LogP contribution is 2.34. The minimum Gasteiger partial charge on any atom is -0.339 e. The molecular formula is C15H18BrN3O. The van der Waals surface area contributed by atoms with Gasteiger partial charge in [0.25, 0.3) is 0 Å². The van der Waals surface area contributed by atoms with Crippen LogP contribution in [0.5, 0.6) is 0 Å². The van der Waals surface area contributed by atoms with Crippen LogP contribution in [0.1, 0.15) is 42.2 Å². The Kier molecular flexibility index (Phi) is 3.65. The summed E-state index contributed by atoms with van der Waals surface area (Å²) in [6.45, 7) is 4.13. The van der Waals surface area contributed by atoms with E-state index < -0.39 is 0 Å². The van der Waals surface area contributed by atoms with Gasteiger partial charge in [0.2, 0.25) is 11.7 Å². The molecule has 5 heteroatoms. The summed E-state index contributed by atoms with van der Waals surface area (Å²) in [6.07, 6.45) is 3.03. The molecule has 1 aliphatic rings. The van der Waals surface area contributed by atoms with Crippen molar-refractivity contribution in [3.8, 4) is 11.4 Å². The standard InChI is InChI=1S/C15H18BrN3O/c1-8-5-11(6-9(2)13(8)16)14-18-15(20-19-14)10-3-4-12(17)7-10/h5-6,10,12H,3-4,7,17H2,1-2H3. The zero-order valence-electron chi connectivity index (χ0n) is 11.7. The van der Waals surface area contributed by atoms with Gasteiger partial charge in [-0.05, 0) is 56.4 Å². The van der Waals surface area contributed by atoms with Crippen molar-refractivity contribution >= 4 is 15.9 Å². The molecule has 4 nitrogen and oxygen atoms in total. The first-order chi connectivity index (χ1) is 9.54. The molecule has 0 spiro atoms. The van der Waals surface area contributed by atoms with E-state index >= 15 is 0 Å². The predicted molar refractivity (Wildman–Crippen MR) is 81.5 cm³/mol. The number of rotatable bonds is 2. The van der Waals surface area contributed by atoms with Crippen molar-refractivity contribution in [1.82, 2.24) is 10.1 Å². The lowest BCUT2D eigenvalue weighted by molar-refractivity contribution is 0.353. The van der Waals surface area contributed by atoms with Crippen LogP contribution in [0, 0.1) is 13.8 Å². The summed E-state index contributed by atoms with van der Waals surface area (Å²) in [5.74, 6) is 1.72. The molecule has 106 valence electrons. The molecule has 0 aliphatic heterocycles. The number of aromatic nitrogens is 2. The van der Waals surface area contributed by atoms with Crippen LogP contribution in [0.4, 0.5) is 0 Å². The monoisotopic (exact) mass is 335 g/mol. The summed E-state index contributed by atoms with van der Waals surface area (Å²) < 4.78 is 6.56. The van der Waals surface area contributed by atoms with Crippen LogP contribution >= 0.6 is 15.9 Å². The second-order valence-corrected chi connectivity index (χ2v) is 6.44. The Morgan fingerprint density at radius 3 is 2.55 bits per heavy atom. The van der Waals surface area contributed by atoms with Crippen LogP contribution in [-0.2, 0) is 0 Å². The van der Waals surface area contributed by atoms with E-state index in [0.29, 0.717) is 11.7 Å². The molecule has 2 aromatic rings. The van der Waals surface area contributed by atoms with Gasteiger partial charge in [0, 0.05) is 22.0 Å². The smallest absolute Gasteiger partial charge is 0.230 e. The number of hydrogen-bond acceptors (Lipinski definition) is 4. The van der Waals surface area contributed by atoms with Crippen molar-refractivity contribution in [3.05, 3.63) is 33.6 Å². The van der Waals surface area contributed by atoms with Gasteiger partial charge in [0.05, 0.1) is 0 Å². The zero-order valence-corrected chi connectivity index (χ0v) is 13.3. The topological polar surface area (TPSA) is 64.9 Å². The lowest BCUT2D eigenvalue weighted by atomic mass is 10.1. The minimum atomic E-state index is 0.271. The molecule has 1 aliphatic carbocycles. The quantitative estimate of drug-likeness (QED) is 0.908. The van der Waals surface area contributed by atoms with E-state index in [1.165, 1.54) is 11.1 Å². The molecule has 1 heterocycles. The molecule has 1 fully saturated rings. The van der Waals surface area contributed by atoms with E-state index in [1.807, 2.05) is 0 Å². The van der Waals surface area contributed by atoms with Gasteiger partial charge in [-0.3, -0.25) is 0 Å². The predicted octanol–water partition coefficient (Wildman–Crippen LogP) is 3.71. The second-order valence-electron chi connectivity index (χ2n) is 5.65. The Morgan fingerprint density at radius 1 is 1.25 bits per heavy atom. The van der Waals surface area contributed by atoms with Crippen molar-refractivity contribution in [3.63, 3.8) is 0 Å². The molecular weight excluding hydrogens is 318 g/mol. The average molecular weight is 336 g/mol. The fourth-order valence-corrected chi connectivity index (χ4v) is 3.06. The number of nitrogens with two attached hydrogens (primary N) is 1. The maximum Gasteiger partial charge on any atom is 0.230 e. The van der Waals surface area contributed by atoms with Crippen molar-refractivity contribution in [1.29, 1.82) is 0 Å². The van der Waals surface area contributed by atoms with Gasteiger partial charge in [-0.2, -0.15) is 4.98 Å². The third kappa shape index (κ3) is 2.52. The lowest BCUT2D eigenvalue weighted by Gasteiger charge is -2.05. The van der Waals surface area contributed by atoms with Gasteiger partial charge in [0.1, 0.15) is 0 Å². The fourth-order valence-electron chi connectivity index (χ4n) is 2.83. The van der Waals surface area contributed by atoms with Crippen LogP contribution in [-0.4, -0.2) is 16.2 Å². The van der Waals surface area contributed by atoms with Gasteiger partial charge in [-0.1, -0.05) is 21.1 Å². The van der Waals surface area contributed by atoms with Crippen LogP contribution in [0.15, 0.2) is 21.1 Å². The largest absolute Gasteiger partial charge is 0.339 e. The second kappa shape index (κ2) is 5.30. The van der Waals surface area contributed by atoms with Gasteiger partial charge in [0.15, 0.2) is 0 Å². The maximum absolute atomic E-state index is 5.94. The number of nitrogens with zero attached hydrogens (tertiary/aromatic N) is 2. The Morgan fingerprint density at radius 2 is 1.95 bits per heavy atom. The van der Waals surface area contributed by atoms with Crippen molar-refractivity contribution < 1.29 is 4.52 Å². The summed E-state index contributed by atoms with van der Waals surface area (Å²) in [5, 5.41) is 4.13. The van der Waals surface area contributed by atoms with E-state index in [0.717, 1.165) is 35.2 Å². The number of halogens is 1.